The zero-order valence-electron chi connectivity index (χ0n) is 13.7. The molecule has 0 heterocycles. The molecule has 8 heteroatoms. The molecule has 0 atom stereocenters. The SMILES string of the molecule is CC(=NOC(=O)NC[C@H]1CC[C@H](C(=O)O)CC1)C(=O)OC(C)C. The minimum atomic E-state index is -0.756. The van der Waals surface area contributed by atoms with E-state index >= 15 is 0 Å². The smallest absolute Gasteiger partial charge is 0.433 e. The van der Waals surface area contributed by atoms with Gasteiger partial charge in [0, 0.05) is 6.54 Å². The summed E-state index contributed by atoms with van der Waals surface area (Å²) in [6, 6.07) is 0. The molecular formula is C15H24N2O6. The Kier molecular flexibility index (Phi) is 7.50. The van der Waals surface area contributed by atoms with E-state index in [1.165, 1.54) is 6.92 Å². The minimum absolute atomic E-state index is 0.0455. The van der Waals surface area contributed by atoms with Crippen LogP contribution in [0.3, 0.4) is 0 Å². The van der Waals surface area contributed by atoms with Gasteiger partial charge in [-0.3, -0.25) is 9.63 Å². The van der Waals surface area contributed by atoms with E-state index < -0.39 is 18.0 Å². The number of carbonyl (C=O) groups excluding carboxylic acids is 2. The Hall–Kier alpha value is -2.12. The van der Waals surface area contributed by atoms with E-state index in [1.54, 1.807) is 13.8 Å². The van der Waals surface area contributed by atoms with Crippen molar-refractivity contribution in [1.29, 1.82) is 0 Å². The van der Waals surface area contributed by atoms with E-state index in [9.17, 15) is 14.4 Å². The molecule has 8 nitrogen and oxygen atoms in total. The van der Waals surface area contributed by atoms with Crippen LogP contribution in [0.4, 0.5) is 4.79 Å². The zero-order valence-corrected chi connectivity index (χ0v) is 13.7. The number of amides is 1. The average Bonchev–Trinajstić information content (AvgIpc) is 2.50. The topological polar surface area (TPSA) is 114 Å². The zero-order chi connectivity index (χ0) is 17.4. The lowest BCUT2D eigenvalue weighted by Crippen LogP contribution is -2.32. The van der Waals surface area contributed by atoms with Crippen LogP contribution in [0.5, 0.6) is 0 Å². The van der Waals surface area contributed by atoms with Crippen LogP contribution in [-0.2, 0) is 19.2 Å². The first-order chi connectivity index (χ1) is 10.8. The first-order valence-corrected chi connectivity index (χ1v) is 7.72. The molecule has 0 aromatic heterocycles. The van der Waals surface area contributed by atoms with Crippen LogP contribution in [0.15, 0.2) is 5.16 Å². The molecule has 1 saturated carbocycles. The van der Waals surface area contributed by atoms with Crippen molar-refractivity contribution in [3.63, 3.8) is 0 Å². The quantitative estimate of drug-likeness (QED) is 0.333. The van der Waals surface area contributed by atoms with E-state index in [1.807, 2.05) is 0 Å². The number of rotatable bonds is 6. The van der Waals surface area contributed by atoms with E-state index in [-0.39, 0.29) is 23.7 Å². The van der Waals surface area contributed by atoms with Gasteiger partial charge in [-0.05, 0) is 52.4 Å². The van der Waals surface area contributed by atoms with Crippen molar-refractivity contribution in [3.8, 4) is 0 Å². The fraction of sp³-hybridized carbons (Fsp3) is 0.733. The number of oxime groups is 1. The summed E-state index contributed by atoms with van der Waals surface area (Å²) in [4.78, 5) is 38.4. The largest absolute Gasteiger partial charge is 0.481 e. The fourth-order valence-electron chi connectivity index (χ4n) is 2.32. The highest BCUT2D eigenvalue weighted by Crippen LogP contribution is 2.28. The molecule has 1 rings (SSSR count). The molecule has 0 aliphatic heterocycles. The number of carboxylic acid groups (broad SMARTS) is 1. The molecule has 0 bridgehead atoms. The molecule has 1 fully saturated rings. The highest BCUT2D eigenvalue weighted by molar-refractivity contribution is 6.35. The van der Waals surface area contributed by atoms with E-state index in [2.05, 4.69) is 15.3 Å². The summed E-state index contributed by atoms with van der Waals surface area (Å²) in [6.07, 6.45) is 1.72. The Labute approximate surface area is 135 Å². The van der Waals surface area contributed by atoms with Crippen LogP contribution in [0.25, 0.3) is 0 Å². The number of ether oxygens (including phenoxy) is 1. The third-order valence-electron chi connectivity index (χ3n) is 3.63. The lowest BCUT2D eigenvalue weighted by molar-refractivity contribution is -0.143. The predicted octanol–water partition coefficient (Wildman–Crippen LogP) is 1.93. The Morgan fingerprint density at radius 1 is 1.22 bits per heavy atom. The van der Waals surface area contributed by atoms with Crippen LogP contribution in [-0.4, -0.2) is 41.5 Å². The first kappa shape index (κ1) is 18.9. The van der Waals surface area contributed by atoms with Gasteiger partial charge in [0.25, 0.3) is 0 Å². The molecule has 130 valence electrons. The van der Waals surface area contributed by atoms with E-state index in [4.69, 9.17) is 9.84 Å². The monoisotopic (exact) mass is 328 g/mol. The number of aliphatic carboxylic acids is 1. The maximum Gasteiger partial charge on any atom is 0.433 e. The number of nitrogens with one attached hydrogen (secondary N) is 1. The lowest BCUT2D eigenvalue weighted by Gasteiger charge is -2.25. The summed E-state index contributed by atoms with van der Waals surface area (Å²) in [5.74, 6) is -1.44. The average molecular weight is 328 g/mol. The number of hydrogen-bond donors (Lipinski definition) is 2. The van der Waals surface area contributed by atoms with Gasteiger partial charge >= 0.3 is 18.0 Å². The standard InChI is InChI=1S/C15H24N2O6/c1-9(2)22-14(20)10(3)17-23-15(21)16-8-11-4-6-12(7-5-11)13(18)19/h9,11-12H,4-8H2,1-3H3,(H,16,21)(H,18,19)/t11-,12-. The number of carbonyl (C=O) groups is 3. The second-order valence-electron chi connectivity index (χ2n) is 5.95. The highest BCUT2D eigenvalue weighted by Gasteiger charge is 2.26. The molecule has 2 N–H and O–H groups in total. The van der Waals surface area contributed by atoms with Gasteiger partial charge < -0.3 is 15.2 Å². The molecule has 1 aliphatic rings. The van der Waals surface area contributed by atoms with Crippen molar-refractivity contribution in [1.82, 2.24) is 5.32 Å². The van der Waals surface area contributed by atoms with Gasteiger partial charge in [-0.25, -0.2) is 9.59 Å². The third-order valence-corrected chi connectivity index (χ3v) is 3.63. The highest BCUT2D eigenvalue weighted by atomic mass is 16.7. The van der Waals surface area contributed by atoms with Gasteiger partial charge in [0.05, 0.1) is 12.0 Å². The normalized spacial score (nSPS) is 21.7. The molecule has 0 spiro atoms. The van der Waals surface area contributed by atoms with Gasteiger partial charge in [-0.15, -0.1) is 0 Å². The van der Waals surface area contributed by atoms with E-state index in [0.29, 0.717) is 19.4 Å². The molecule has 1 amide bonds. The summed E-state index contributed by atoms with van der Waals surface area (Å²) >= 11 is 0. The number of carboxylic acids is 1. The van der Waals surface area contributed by atoms with Gasteiger partial charge in [0.15, 0.2) is 5.71 Å². The van der Waals surface area contributed by atoms with Crippen molar-refractivity contribution in [3.05, 3.63) is 0 Å². The van der Waals surface area contributed by atoms with Crippen LogP contribution in [0.2, 0.25) is 0 Å². The number of nitrogens with zero attached hydrogens (tertiary/aromatic N) is 1. The molecular weight excluding hydrogens is 304 g/mol. The molecule has 23 heavy (non-hydrogen) atoms. The van der Waals surface area contributed by atoms with Gasteiger partial charge in [0.1, 0.15) is 0 Å². The second kappa shape index (κ2) is 9.12. The molecule has 0 aromatic carbocycles. The van der Waals surface area contributed by atoms with Crippen molar-refractivity contribution in [2.45, 2.75) is 52.6 Å². The molecule has 0 radical (unpaired) electrons. The Balaban J connectivity index is 2.27. The Bertz CT molecular complexity index is 467. The van der Waals surface area contributed by atoms with Crippen LogP contribution in [0.1, 0.15) is 46.5 Å². The first-order valence-electron chi connectivity index (χ1n) is 7.72. The third kappa shape index (κ3) is 7.12. The van der Waals surface area contributed by atoms with Gasteiger partial charge in [0.2, 0.25) is 0 Å². The maximum atomic E-state index is 11.5. The van der Waals surface area contributed by atoms with E-state index in [0.717, 1.165) is 12.8 Å². The molecule has 1 aliphatic carbocycles. The van der Waals surface area contributed by atoms with Gasteiger partial charge in [-0.2, -0.15) is 0 Å². The van der Waals surface area contributed by atoms with Crippen LogP contribution >= 0.6 is 0 Å². The van der Waals surface area contributed by atoms with Gasteiger partial charge in [-0.1, -0.05) is 5.16 Å². The molecule has 0 saturated heterocycles. The molecule has 0 aromatic rings. The summed E-state index contributed by atoms with van der Waals surface area (Å²) in [6.45, 7) is 5.21. The van der Waals surface area contributed by atoms with Crippen molar-refractivity contribution in [2.24, 2.45) is 17.0 Å². The minimum Gasteiger partial charge on any atom is -0.481 e. The second-order valence-corrected chi connectivity index (χ2v) is 5.95. The maximum absolute atomic E-state index is 11.5. The van der Waals surface area contributed by atoms with Crippen molar-refractivity contribution in [2.75, 3.05) is 6.54 Å². The van der Waals surface area contributed by atoms with Crippen molar-refractivity contribution >= 4 is 23.7 Å². The number of esters is 1. The summed E-state index contributed by atoms with van der Waals surface area (Å²) < 4.78 is 4.90. The Morgan fingerprint density at radius 3 is 2.35 bits per heavy atom. The van der Waals surface area contributed by atoms with Crippen molar-refractivity contribution < 1.29 is 29.1 Å². The summed E-state index contributed by atoms with van der Waals surface area (Å²) in [5, 5.41) is 14.9. The lowest BCUT2D eigenvalue weighted by atomic mass is 9.82. The summed E-state index contributed by atoms with van der Waals surface area (Å²) in [7, 11) is 0. The fourth-order valence-corrected chi connectivity index (χ4v) is 2.32. The van der Waals surface area contributed by atoms with Crippen LogP contribution < -0.4 is 5.32 Å². The van der Waals surface area contributed by atoms with Crippen LogP contribution in [0, 0.1) is 11.8 Å². The number of hydrogen-bond acceptors (Lipinski definition) is 6. The Morgan fingerprint density at radius 2 is 1.83 bits per heavy atom. The predicted molar refractivity (Wildman–Crippen MR) is 81.9 cm³/mol. The summed E-state index contributed by atoms with van der Waals surface area (Å²) in [5.41, 5.74) is -0.0455. The molecule has 0 unspecified atom stereocenters.